The Morgan fingerprint density at radius 3 is 2.27 bits per heavy atom. The molecule has 0 radical (unpaired) electrons. The molecule has 0 aromatic heterocycles. The maximum absolute atomic E-state index is 13.8. The average Bonchev–Trinajstić information content (AvgIpc) is 2.45. The fraction of sp³-hybridized carbons (Fsp3) is 0.143. The predicted octanol–water partition coefficient (Wildman–Crippen LogP) is 3.85. The quantitative estimate of drug-likeness (QED) is 0.805. The molecule has 0 spiro atoms. The van der Waals surface area contributed by atoms with Crippen LogP contribution >= 0.6 is 15.9 Å². The van der Waals surface area contributed by atoms with Crippen molar-refractivity contribution in [1.82, 2.24) is 0 Å². The molecule has 0 heterocycles. The van der Waals surface area contributed by atoms with Crippen molar-refractivity contribution in [3.8, 4) is 5.75 Å². The molecule has 4 nitrogen and oxygen atoms in total. The third-order valence-electron chi connectivity index (χ3n) is 2.90. The number of aryl methyl sites for hydroxylation is 1. The zero-order valence-corrected chi connectivity index (χ0v) is 14.1. The van der Waals surface area contributed by atoms with Gasteiger partial charge in [-0.05, 0) is 41.1 Å². The minimum absolute atomic E-state index is 0.000934. The number of hydrogen-bond acceptors (Lipinski definition) is 3. The number of halogens is 3. The Morgan fingerprint density at radius 2 is 1.73 bits per heavy atom. The molecule has 1 N–H and O–H groups in total. The molecule has 2 aromatic carbocycles. The highest BCUT2D eigenvalue weighted by Gasteiger charge is 2.22. The highest BCUT2D eigenvalue weighted by atomic mass is 79.9. The third kappa shape index (κ3) is 3.22. The Balaban J connectivity index is 2.48. The van der Waals surface area contributed by atoms with Gasteiger partial charge in [-0.25, -0.2) is 12.8 Å². The lowest BCUT2D eigenvalue weighted by Crippen LogP contribution is -2.14. The summed E-state index contributed by atoms with van der Waals surface area (Å²) in [4.78, 5) is 0.000934. The van der Waals surface area contributed by atoms with Gasteiger partial charge in [0.1, 0.15) is 0 Å². The van der Waals surface area contributed by atoms with Gasteiger partial charge in [0.25, 0.3) is 10.0 Å². The van der Waals surface area contributed by atoms with E-state index in [1.807, 2.05) is 6.92 Å². The van der Waals surface area contributed by atoms with Gasteiger partial charge in [0.2, 0.25) is 5.82 Å². The molecule has 0 unspecified atom stereocenters. The van der Waals surface area contributed by atoms with Crippen molar-refractivity contribution >= 4 is 31.6 Å². The maximum atomic E-state index is 13.8. The highest BCUT2D eigenvalue weighted by Crippen LogP contribution is 2.35. The zero-order valence-electron chi connectivity index (χ0n) is 11.7. The van der Waals surface area contributed by atoms with Crippen LogP contribution in [0.1, 0.15) is 5.56 Å². The number of rotatable bonds is 4. The van der Waals surface area contributed by atoms with Gasteiger partial charge in [-0.1, -0.05) is 17.7 Å². The van der Waals surface area contributed by atoms with E-state index in [1.54, 1.807) is 12.1 Å². The number of benzene rings is 2. The van der Waals surface area contributed by atoms with Crippen LogP contribution in [0.3, 0.4) is 0 Å². The summed E-state index contributed by atoms with van der Waals surface area (Å²) in [5, 5.41) is 0. The maximum Gasteiger partial charge on any atom is 0.262 e. The topological polar surface area (TPSA) is 55.4 Å². The molecule has 2 aromatic rings. The van der Waals surface area contributed by atoms with Crippen molar-refractivity contribution in [2.24, 2.45) is 0 Å². The summed E-state index contributed by atoms with van der Waals surface area (Å²) in [6.07, 6.45) is 0. The monoisotopic (exact) mass is 391 g/mol. The molecule has 118 valence electrons. The lowest BCUT2D eigenvalue weighted by atomic mass is 10.2. The Morgan fingerprint density at radius 1 is 1.14 bits per heavy atom. The molecule has 0 aliphatic heterocycles. The van der Waals surface area contributed by atoms with Crippen LogP contribution in [0.15, 0.2) is 39.7 Å². The van der Waals surface area contributed by atoms with E-state index < -0.39 is 27.4 Å². The number of nitrogens with one attached hydrogen (secondary N) is 1. The van der Waals surface area contributed by atoms with E-state index in [2.05, 4.69) is 20.7 Å². The molecule has 0 amide bonds. The molecule has 0 saturated carbocycles. The Labute approximate surface area is 135 Å². The zero-order chi connectivity index (χ0) is 16.5. The normalized spacial score (nSPS) is 11.3. The van der Waals surface area contributed by atoms with Crippen LogP contribution in [-0.4, -0.2) is 15.5 Å². The standard InChI is InChI=1S/C14H12BrF2NO3S/c1-8-3-5-9(6-4-8)22(19,20)18-11-7-10(15)12(16)13(17)14(11)21-2/h3-7,18H,1-2H3. The molecule has 22 heavy (non-hydrogen) atoms. The summed E-state index contributed by atoms with van der Waals surface area (Å²) < 4.78 is 58.6. The molecular weight excluding hydrogens is 380 g/mol. The van der Waals surface area contributed by atoms with E-state index in [-0.39, 0.29) is 15.1 Å². The summed E-state index contributed by atoms with van der Waals surface area (Å²) >= 11 is 2.83. The van der Waals surface area contributed by atoms with Crippen molar-refractivity contribution in [2.75, 3.05) is 11.8 Å². The average molecular weight is 392 g/mol. The minimum atomic E-state index is -3.95. The summed E-state index contributed by atoms with van der Waals surface area (Å²) in [5.41, 5.74) is 0.695. The second-order valence-corrected chi connectivity index (χ2v) is 7.02. The van der Waals surface area contributed by atoms with Crippen molar-refractivity contribution in [3.63, 3.8) is 0 Å². The predicted molar refractivity (Wildman–Crippen MR) is 82.6 cm³/mol. The summed E-state index contributed by atoms with van der Waals surface area (Å²) in [7, 11) is -2.83. The Hall–Kier alpha value is -1.67. The molecule has 0 aliphatic rings. The molecule has 8 heteroatoms. The molecular formula is C14H12BrF2NO3S. The summed E-state index contributed by atoms with van der Waals surface area (Å²) in [5.74, 6) is -2.95. The van der Waals surface area contributed by atoms with Gasteiger partial charge < -0.3 is 4.74 Å². The molecule has 0 bridgehead atoms. The number of hydrogen-bond donors (Lipinski definition) is 1. The first-order chi connectivity index (χ1) is 10.3. The first-order valence-corrected chi connectivity index (χ1v) is 8.35. The molecule has 0 aliphatic carbocycles. The second-order valence-electron chi connectivity index (χ2n) is 4.49. The van der Waals surface area contributed by atoms with Crippen molar-refractivity contribution < 1.29 is 21.9 Å². The number of sulfonamides is 1. The van der Waals surface area contributed by atoms with Crippen LogP contribution in [0.5, 0.6) is 5.75 Å². The van der Waals surface area contributed by atoms with Gasteiger partial charge in [-0.15, -0.1) is 0 Å². The van der Waals surface area contributed by atoms with E-state index in [4.69, 9.17) is 4.74 Å². The van der Waals surface area contributed by atoms with Gasteiger partial charge in [0.15, 0.2) is 11.6 Å². The van der Waals surface area contributed by atoms with Crippen LogP contribution in [0.4, 0.5) is 14.5 Å². The van der Waals surface area contributed by atoms with E-state index in [0.717, 1.165) is 18.7 Å². The van der Waals surface area contributed by atoms with Gasteiger partial charge >= 0.3 is 0 Å². The second kappa shape index (κ2) is 6.21. The first kappa shape index (κ1) is 16.7. The van der Waals surface area contributed by atoms with Gasteiger partial charge in [0, 0.05) is 0 Å². The fourth-order valence-corrected chi connectivity index (χ4v) is 3.23. The molecule has 0 saturated heterocycles. The smallest absolute Gasteiger partial charge is 0.262 e. The van der Waals surface area contributed by atoms with Crippen molar-refractivity contribution in [3.05, 3.63) is 52.0 Å². The van der Waals surface area contributed by atoms with E-state index in [0.29, 0.717) is 0 Å². The number of methoxy groups -OCH3 is 1. The number of anilines is 1. The summed E-state index contributed by atoms with van der Waals surface area (Å²) in [6.45, 7) is 1.82. The number of ether oxygens (including phenoxy) is 1. The minimum Gasteiger partial charge on any atom is -0.491 e. The largest absolute Gasteiger partial charge is 0.491 e. The van der Waals surface area contributed by atoms with Gasteiger partial charge in [-0.3, -0.25) is 4.72 Å². The SMILES string of the molecule is COc1c(NS(=O)(=O)c2ccc(C)cc2)cc(Br)c(F)c1F. The van der Waals surface area contributed by atoms with Crippen LogP contribution in [0, 0.1) is 18.6 Å². The van der Waals surface area contributed by atoms with E-state index >= 15 is 0 Å². The van der Waals surface area contributed by atoms with Gasteiger partial charge in [0.05, 0.1) is 22.2 Å². The lowest BCUT2D eigenvalue weighted by molar-refractivity contribution is 0.373. The third-order valence-corrected chi connectivity index (χ3v) is 4.86. The van der Waals surface area contributed by atoms with E-state index in [1.165, 1.54) is 12.1 Å². The Bertz CT molecular complexity index is 808. The summed E-state index contributed by atoms with van der Waals surface area (Å²) in [6, 6.07) is 7.20. The van der Waals surface area contributed by atoms with Gasteiger partial charge in [-0.2, -0.15) is 4.39 Å². The van der Waals surface area contributed by atoms with Crippen molar-refractivity contribution in [1.29, 1.82) is 0 Å². The molecule has 2 rings (SSSR count). The Kier molecular flexibility index (Phi) is 4.72. The fourth-order valence-electron chi connectivity index (χ4n) is 1.77. The highest BCUT2D eigenvalue weighted by molar-refractivity contribution is 9.10. The van der Waals surface area contributed by atoms with Crippen LogP contribution in [-0.2, 0) is 10.0 Å². The van der Waals surface area contributed by atoms with Crippen LogP contribution < -0.4 is 9.46 Å². The van der Waals surface area contributed by atoms with Crippen LogP contribution in [0.2, 0.25) is 0 Å². The molecule has 0 atom stereocenters. The van der Waals surface area contributed by atoms with Crippen molar-refractivity contribution in [2.45, 2.75) is 11.8 Å². The lowest BCUT2D eigenvalue weighted by Gasteiger charge is -2.14. The van der Waals surface area contributed by atoms with Crippen LogP contribution in [0.25, 0.3) is 0 Å². The van der Waals surface area contributed by atoms with E-state index in [9.17, 15) is 17.2 Å². The molecule has 0 fully saturated rings. The first-order valence-electron chi connectivity index (χ1n) is 6.07.